The summed E-state index contributed by atoms with van der Waals surface area (Å²) in [7, 11) is 1.49. The first-order valence-corrected chi connectivity index (χ1v) is 10.0. The molecule has 0 spiro atoms. The quantitative estimate of drug-likeness (QED) is 0.241. The largest absolute Gasteiger partial charge is 0.482 e. The number of hydrogen-bond acceptors (Lipinski definition) is 7. The standard InChI is InChI=1S/C22H21BrO7/c1-3-27-20(25)11-14-5-4-6-19(22(14)30-13-26-2)29-12-18(24)16-9-15-7-8-28-21(15)17(23)10-16/h4-10H,3,11-13H2,1-2H3. The van der Waals surface area contributed by atoms with Crippen LogP contribution in [0.25, 0.3) is 11.0 Å². The molecule has 0 aliphatic heterocycles. The highest BCUT2D eigenvalue weighted by Crippen LogP contribution is 2.32. The van der Waals surface area contributed by atoms with Crippen LogP contribution < -0.4 is 9.47 Å². The smallest absolute Gasteiger partial charge is 0.310 e. The molecular formula is C22H21BrO7. The Labute approximate surface area is 182 Å². The van der Waals surface area contributed by atoms with Gasteiger partial charge in [-0.05, 0) is 47.1 Å². The number of ether oxygens (including phenoxy) is 4. The molecule has 30 heavy (non-hydrogen) atoms. The predicted molar refractivity (Wildman–Crippen MR) is 113 cm³/mol. The molecule has 0 radical (unpaired) electrons. The Bertz CT molecular complexity index is 1040. The fourth-order valence-corrected chi connectivity index (χ4v) is 3.46. The first-order valence-electron chi connectivity index (χ1n) is 9.25. The number of halogens is 1. The SMILES string of the molecule is CCOC(=O)Cc1cccc(OCC(=O)c2cc(Br)c3occc3c2)c1OCOC. The summed E-state index contributed by atoms with van der Waals surface area (Å²) in [4.78, 5) is 24.6. The minimum absolute atomic E-state index is 0.0160. The summed E-state index contributed by atoms with van der Waals surface area (Å²) in [6, 6.07) is 10.4. The van der Waals surface area contributed by atoms with Gasteiger partial charge in [0.25, 0.3) is 0 Å². The molecule has 0 N–H and O–H groups in total. The summed E-state index contributed by atoms with van der Waals surface area (Å²) < 4.78 is 27.4. The van der Waals surface area contributed by atoms with Gasteiger partial charge < -0.3 is 23.4 Å². The van der Waals surface area contributed by atoms with Gasteiger partial charge in [-0.2, -0.15) is 0 Å². The van der Waals surface area contributed by atoms with Gasteiger partial charge >= 0.3 is 5.97 Å². The molecule has 158 valence electrons. The van der Waals surface area contributed by atoms with Crippen LogP contribution >= 0.6 is 15.9 Å². The summed E-state index contributed by atoms with van der Waals surface area (Å²) in [5, 5.41) is 0.813. The molecule has 0 fully saturated rings. The van der Waals surface area contributed by atoms with Gasteiger partial charge in [-0.25, -0.2) is 0 Å². The third-order valence-corrected chi connectivity index (χ3v) is 4.80. The molecule has 1 aromatic heterocycles. The Balaban J connectivity index is 1.78. The molecule has 3 rings (SSSR count). The number of furan rings is 1. The maximum absolute atomic E-state index is 12.7. The van der Waals surface area contributed by atoms with Crippen molar-refractivity contribution in [2.45, 2.75) is 13.3 Å². The fourth-order valence-electron chi connectivity index (χ4n) is 2.89. The second-order valence-corrected chi connectivity index (χ2v) is 7.14. The Morgan fingerprint density at radius 1 is 1.13 bits per heavy atom. The van der Waals surface area contributed by atoms with Crippen molar-refractivity contribution in [2.24, 2.45) is 0 Å². The number of hydrogen-bond donors (Lipinski definition) is 0. The monoisotopic (exact) mass is 476 g/mol. The number of rotatable bonds is 10. The van der Waals surface area contributed by atoms with Crippen molar-refractivity contribution in [1.29, 1.82) is 0 Å². The van der Waals surface area contributed by atoms with E-state index in [2.05, 4.69) is 15.9 Å². The Morgan fingerprint density at radius 3 is 2.73 bits per heavy atom. The number of carbonyl (C=O) groups is 2. The van der Waals surface area contributed by atoms with E-state index in [0.29, 0.717) is 32.7 Å². The lowest BCUT2D eigenvalue weighted by molar-refractivity contribution is -0.142. The highest BCUT2D eigenvalue weighted by atomic mass is 79.9. The molecule has 8 heteroatoms. The van der Waals surface area contributed by atoms with E-state index in [4.69, 9.17) is 23.4 Å². The van der Waals surface area contributed by atoms with Gasteiger partial charge in [0.2, 0.25) is 0 Å². The molecule has 7 nitrogen and oxygen atoms in total. The van der Waals surface area contributed by atoms with Crippen LogP contribution in [0.4, 0.5) is 0 Å². The molecule has 0 saturated carbocycles. The van der Waals surface area contributed by atoms with Crippen LogP contribution in [0, 0.1) is 0 Å². The van der Waals surface area contributed by atoms with Gasteiger partial charge in [-0.3, -0.25) is 9.59 Å². The Kier molecular flexibility index (Phi) is 7.48. The van der Waals surface area contributed by atoms with Crippen LogP contribution in [0.1, 0.15) is 22.8 Å². The third-order valence-electron chi connectivity index (χ3n) is 4.21. The molecule has 0 aliphatic carbocycles. The lowest BCUT2D eigenvalue weighted by Crippen LogP contribution is -2.14. The summed E-state index contributed by atoms with van der Waals surface area (Å²) in [5.41, 5.74) is 1.74. The molecule has 3 aromatic rings. The van der Waals surface area contributed by atoms with Gasteiger partial charge in [0.1, 0.15) is 5.58 Å². The number of ketones is 1. The maximum Gasteiger partial charge on any atom is 0.310 e. The van der Waals surface area contributed by atoms with Gasteiger partial charge in [0.05, 0.1) is 23.8 Å². The molecule has 0 aliphatic rings. The highest BCUT2D eigenvalue weighted by Gasteiger charge is 2.17. The summed E-state index contributed by atoms with van der Waals surface area (Å²) in [6.07, 6.45) is 1.58. The van der Waals surface area contributed by atoms with E-state index in [1.54, 1.807) is 49.6 Å². The fraction of sp³-hybridized carbons (Fsp3) is 0.273. The molecule has 2 aromatic carbocycles. The number of fused-ring (bicyclic) bond motifs is 1. The molecule has 0 saturated heterocycles. The van der Waals surface area contributed by atoms with E-state index in [9.17, 15) is 9.59 Å². The summed E-state index contributed by atoms with van der Waals surface area (Å²) in [6.45, 7) is 1.79. The van der Waals surface area contributed by atoms with Crippen molar-refractivity contribution in [3.05, 3.63) is 58.3 Å². The second kappa shape index (κ2) is 10.3. The van der Waals surface area contributed by atoms with E-state index in [1.807, 2.05) is 0 Å². The molecule has 1 heterocycles. The van der Waals surface area contributed by atoms with Crippen LogP contribution in [0.3, 0.4) is 0 Å². The predicted octanol–water partition coefficient (Wildman–Crippen LogP) is 4.55. The van der Waals surface area contributed by atoms with Gasteiger partial charge in [0, 0.05) is 23.6 Å². The molecule has 0 atom stereocenters. The van der Waals surface area contributed by atoms with Crippen LogP contribution in [-0.2, 0) is 20.7 Å². The average molecular weight is 477 g/mol. The Hall–Kier alpha value is -2.84. The van der Waals surface area contributed by atoms with Gasteiger partial charge in [-0.15, -0.1) is 0 Å². The topological polar surface area (TPSA) is 84.2 Å². The van der Waals surface area contributed by atoms with Crippen LogP contribution in [0.2, 0.25) is 0 Å². The second-order valence-electron chi connectivity index (χ2n) is 6.29. The normalized spacial score (nSPS) is 10.8. The van der Waals surface area contributed by atoms with E-state index in [-0.39, 0.29) is 38.2 Å². The van der Waals surface area contributed by atoms with Crippen LogP contribution in [-0.4, -0.2) is 38.9 Å². The first kappa shape index (κ1) is 21.9. The van der Waals surface area contributed by atoms with Crippen molar-refractivity contribution in [2.75, 3.05) is 27.1 Å². The molecule has 0 bridgehead atoms. The molecule has 0 amide bonds. The lowest BCUT2D eigenvalue weighted by Gasteiger charge is -2.15. The number of para-hydroxylation sites is 1. The van der Waals surface area contributed by atoms with Crippen molar-refractivity contribution in [3.63, 3.8) is 0 Å². The van der Waals surface area contributed by atoms with Crippen molar-refractivity contribution < 1.29 is 33.0 Å². The zero-order valence-electron chi connectivity index (χ0n) is 16.6. The number of methoxy groups -OCH3 is 1. The highest BCUT2D eigenvalue weighted by molar-refractivity contribution is 9.10. The van der Waals surface area contributed by atoms with Crippen molar-refractivity contribution >= 4 is 38.7 Å². The average Bonchev–Trinajstić information content (AvgIpc) is 3.21. The van der Waals surface area contributed by atoms with Crippen LogP contribution in [0.5, 0.6) is 11.5 Å². The van der Waals surface area contributed by atoms with Crippen molar-refractivity contribution in [3.8, 4) is 11.5 Å². The summed E-state index contributed by atoms with van der Waals surface area (Å²) >= 11 is 3.41. The summed E-state index contributed by atoms with van der Waals surface area (Å²) in [5.74, 6) is 0.0795. The zero-order valence-corrected chi connectivity index (χ0v) is 18.2. The van der Waals surface area contributed by atoms with Gasteiger partial charge in [0.15, 0.2) is 30.7 Å². The molecule has 0 unspecified atom stereocenters. The van der Waals surface area contributed by atoms with E-state index in [0.717, 1.165) is 5.39 Å². The molecular weight excluding hydrogens is 456 g/mol. The minimum atomic E-state index is -0.383. The van der Waals surface area contributed by atoms with E-state index >= 15 is 0 Å². The first-order chi connectivity index (χ1) is 14.5. The number of Topliss-reactive ketones (excluding diaryl/α,β-unsaturated/α-hetero) is 1. The Morgan fingerprint density at radius 2 is 1.97 bits per heavy atom. The zero-order chi connectivity index (χ0) is 21.5. The van der Waals surface area contributed by atoms with E-state index in [1.165, 1.54) is 7.11 Å². The number of esters is 1. The number of carbonyl (C=O) groups excluding carboxylic acids is 2. The maximum atomic E-state index is 12.7. The lowest BCUT2D eigenvalue weighted by atomic mass is 10.1. The van der Waals surface area contributed by atoms with Gasteiger partial charge in [-0.1, -0.05) is 12.1 Å². The van der Waals surface area contributed by atoms with Crippen molar-refractivity contribution in [1.82, 2.24) is 0 Å². The minimum Gasteiger partial charge on any atom is -0.482 e. The third kappa shape index (κ3) is 5.20. The van der Waals surface area contributed by atoms with E-state index < -0.39 is 0 Å². The van der Waals surface area contributed by atoms with Crippen LogP contribution in [0.15, 0.2) is 51.6 Å². The number of benzene rings is 2.